The van der Waals surface area contributed by atoms with E-state index in [1.807, 2.05) is 18.4 Å². The second kappa shape index (κ2) is 6.10. The van der Waals surface area contributed by atoms with Crippen LogP contribution in [0.25, 0.3) is 0 Å². The lowest BCUT2D eigenvalue weighted by molar-refractivity contribution is -0.156. The zero-order valence-corrected chi connectivity index (χ0v) is 14.1. The van der Waals surface area contributed by atoms with Gasteiger partial charge in [-0.25, -0.2) is 4.79 Å². The van der Waals surface area contributed by atoms with Gasteiger partial charge in [0.25, 0.3) is 0 Å². The van der Waals surface area contributed by atoms with Crippen LogP contribution in [0.5, 0.6) is 5.75 Å². The summed E-state index contributed by atoms with van der Waals surface area (Å²) in [6.07, 6.45) is 1.13. The number of aliphatic hydroxyl groups is 1. The number of carboxylic acid groups (broad SMARTS) is 1. The molecule has 1 aromatic rings. The number of carbonyl (C=O) groups excluding carboxylic acids is 1. The molecule has 2 heterocycles. The summed E-state index contributed by atoms with van der Waals surface area (Å²) >= 11 is 2.75. The molecule has 0 unspecified atom stereocenters. The van der Waals surface area contributed by atoms with Crippen molar-refractivity contribution in [2.24, 2.45) is 5.92 Å². The van der Waals surface area contributed by atoms with Gasteiger partial charge in [-0.1, -0.05) is 11.8 Å². The van der Waals surface area contributed by atoms with Gasteiger partial charge in [-0.05, 0) is 37.4 Å². The fourth-order valence-electron chi connectivity index (χ4n) is 2.57. The fourth-order valence-corrected chi connectivity index (χ4v) is 4.45. The van der Waals surface area contributed by atoms with Crippen molar-refractivity contribution >= 4 is 35.4 Å². The maximum Gasteiger partial charge on any atom is 0.357 e. The molecule has 0 bridgehead atoms. The number of rotatable bonds is 5. The molecule has 0 radical (unpaired) electrons. The highest BCUT2D eigenvalue weighted by molar-refractivity contribution is 8.03. The molecule has 3 atom stereocenters. The van der Waals surface area contributed by atoms with Crippen LogP contribution in [0.2, 0.25) is 0 Å². The van der Waals surface area contributed by atoms with E-state index in [1.165, 1.54) is 11.8 Å². The summed E-state index contributed by atoms with van der Waals surface area (Å²) < 4.78 is 5.68. The van der Waals surface area contributed by atoms with Gasteiger partial charge in [0, 0.05) is 4.90 Å². The molecular weight excluding hydrogens is 338 g/mol. The van der Waals surface area contributed by atoms with Crippen molar-refractivity contribution in [2.45, 2.75) is 23.3 Å². The van der Waals surface area contributed by atoms with E-state index in [1.54, 1.807) is 23.9 Å². The van der Waals surface area contributed by atoms with Crippen molar-refractivity contribution in [3.63, 3.8) is 0 Å². The number of nitrogens with zero attached hydrogens (tertiary/aromatic N) is 1. The highest BCUT2D eigenvalue weighted by atomic mass is 32.2. The normalized spacial score (nSPS) is 24.3. The van der Waals surface area contributed by atoms with Crippen LogP contribution >= 0.6 is 23.5 Å². The monoisotopic (exact) mass is 353 g/mol. The predicted molar refractivity (Wildman–Crippen MR) is 86.9 cm³/mol. The molecule has 2 aliphatic rings. The van der Waals surface area contributed by atoms with E-state index < -0.39 is 23.4 Å². The molecule has 1 saturated heterocycles. The third-order valence-electron chi connectivity index (χ3n) is 3.74. The van der Waals surface area contributed by atoms with E-state index in [4.69, 9.17) is 4.74 Å². The van der Waals surface area contributed by atoms with Crippen molar-refractivity contribution < 1.29 is 24.5 Å². The van der Waals surface area contributed by atoms with Gasteiger partial charge in [0.2, 0.25) is 5.91 Å². The number of carboxylic acids is 1. The van der Waals surface area contributed by atoms with Crippen LogP contribution < -0.4 is 4.74 Å². The summed E-state index contributed by atoms with van der Waals surface area (Å²) in [5.74, 6) is -1.69. The van der Waals surface area contributed by atoms with Crippen LogP contribution in [0.4, 0.5) is 0 Å². The number of benzene rings is 1. The number of hydrogen-bond donors (Lipinski definition) is 2. The number of aliphatic carboxylic acids is 1. The number of thioether (sulfide) groups is 2. The maximum absolute atomic E-state index is 12.1. The Balaban J connectivity index is 1.85. The molecule has 23 heavy (non-hydrogen) atoms. The van der Waals surface area contributed by atoms with Gasteiger partial charge in [0.15, 0.2) is 10.8 Å². The molecule has 1 amide bonds. The van der Waals surface area contributed by atoms with Crippen LogP contribution in [0, 0.1) is 5.92 Å². The first-order valence-corrected chi connectivity index (χ1v) is 9.01. The van der Waals surface area contributed by atoms with Crippen molar-refractivity contribution in [1.29, 1.82) is 0 Å². The Morgan fingerprint density at radius 1 is 1.39 bits per heavy atom. The third-order valence-corrected chi connectivity index (χ3v) is 5.72. The van der Waals surface area contributed by atoms with Crippen molar-refractivity contribution in [3.8, 4) is 5.75 Å². The number of amides is 1. The van der Waals surface area contributed by atoms with Gasteiger partial charge in [0.05, 0.1) is 12.0 Å². The lowest BCUT2D eigenvalue weighted by atomic mass is 9.92. The average molecular weight is 353 g/mol. The first-order chi connectivity index (χ1) is 10.9. The second-order valence-electron chi connectivity index (χ2n) is 5.20. The van der Waals surface area contributed by atoms with Crippen LogP contribution in [0.1, 0.15) is 6.92 Å². The lowest BCUT2D eigenvalue weighted by Gasteiger charge is -2.43. The molecule has 8 heteroatoms. The van der Waals surface area contributed by atoms with Crippen molar-refractivity contribution in [2.75, 3.05) is 6.26 Å². The minimum Gasteiger partial charge on any atom is -0.476 e. The standard InChI is InChI=1S/C15H15NO5S2/c1-7(17)10-12(18)16-11(14(19)20)15(23-13(10)16)21-8-3-5-9(22-2)6-4-8/h3-7,10,13,17H,1-2H3,(H,19,20)/t7-,10+,13-/m1/s1. The number of aliphatic hydroxyl groups excluding tert-OH is 1. The average Bonchev–Trinajstić information content (AvgIpc) is 2.82. The van der Waals surface area contributed by atoms with E-state index in [0.29, 0.717) is 5.75 Å². The predicted octanol–water partition coefficient (Wildman–Crippen LogP) is 1.95. The first-order valence-electron chi connectivity index (χ1n) is 6.91. The zero-order chi connectivity index (χ0) is 16.7. The van der Waals surface area contributed by atoms with Crippen molar-refractivity contribution in [1.82, 2.24) is 4.90 Å². The number of β-lactam (4-membered cyclic amide) rings is 1. The largest absolute Gasteiger partial charge is 0.476 e. The molecule has 0 aromatic heterocycles. The summed E-state index contributed by atoms with van der Waals surface area (Å²) in [6.45, 7) is 1.53. The van der Waals surface area contributed by atoms with Crippen LogP contribution in [-0.2, 0) is 9.59 Å². The van der Waals surface area contributed by atoms with Crippen LogP contribution in [0.15, 0.2) is 39.9 Å². The lowest BCUT2D eigenvalue weighted by Crippen LogP contribution is -2.60. The molecule has 2 N–H and O–H groups in total. The Bertz CT molecular complexity index is 686. The van der Waals surface area contributed by atoms with E-state index in [9.17, 15) is 19.8 Å². The Morgan fingerprint density at radius 3 is 2.57 bits per heavy atom. The number of fused-ring (bicyclic) bond motifs is 1. The first kappa shape index (κ1) is 16.2. The van der Waals surface area contributed by atoms with Crippen LogP contribution in [-0.4, -0.2) is 44.7 Å². The minimum absolute atomic E-state index is 0.157. The Hall–Kier alpha value is -1.64. The highest BCUT2D eigenvalue weighted by Crippen LogP contribution is 2.50. The van der Waals surface area contributed by atoms with Gasteiger partial charge in [0.1, 0.15) is 11.1 Å². The molecule has 122 valence electrons. The van der Waals surface area contributed by atoms with Gasteiger partial charge >= 0.3 is 5.97 Å². The molecule has 3 rings (SSSR count). The Kier molecular flexibility index (Phi) is 4.31. The molecule has 0 saturated carbocycles. The van der Waals surface area contributed by atoms with Crippen molar-refractivity contribution in [3.05, 3.63) is 35.1 Å². The topological polar surface area (TPSA) is 87.1 Å². The highest BCUT2D eigenvalue weighted by Gasteiger charge is 2.58. The molecular formula is C15H15NO5S2. The summed E-state index contributed by atoms with van der Waals surface area (Å²) in [4.78, 5) is 25.8. The second-order valence-corrected chi connectivity index (χ2v) is 7.17. The fraction of sp³-hybridized carbons (Fsp3) is 0.333. The zero-order valence-electron chi connectivity index (χ0n) is 12.4. The molecule has 6 nitrogen and oxygen atoms in total. The summed E-state index contributed by atoms with van der Waals surface area (Å²) in [5.41, 5.74) is -0.157. The quantitative estimate of drug-likeness (QED) is 0.618. The molecule has 0 spiro atoms. The minimum atomic E-state index is -1.21. The summed E-state index contributed by atoms with van der Waals surface area (Å²) in [7, 11) is 0. The third kappa shape index (κ3) is 2.71. The summed E-state index contributed by atoms with van der Waals surface area (Å²) in [6, 6.07) is 7.25. The number of hydrogen-bond acceptors (Lipinski definition) is 6. The van der Waals surface area contributed by atoms with Gasteiger partial charge in [-0.2, -0.15) is 0 Å². The van der Waals surface area contributed by atoms with Crippen LogP contribution in [0.3, 0.4) is 0 Å². The number of carbonyl (C=O) groups is 2. The Morgan fingerprint density at radius 2 is 2.04 bits per heavy atom. The molecule has 1 fully saturated rings. The van der Waals surface area contributed by atoms with E-state index >= 15 is 0 Å². The molecule has 2 aliphatic heterocycles. The van der Waals surface area contributed by atoms with Gasteiger partial charge in [-0.3, -0.25) is 9.69 Å². The SMILES string of the molecule is CSc1ccc(OC2=C(C(=O)O)N3C(=O)[C@H]([C@@H](C)O)[C@H]3S2)cc1. The Labute approximate surface area is 141 Å². The smallest absolute Gasteiger partial charge is 0.357 e. The van der Waals surface area contributed by atoms with Gasteiger partial charge < -0.3 is 14.9 Å². The van der Waals surface area contributed by atoms with E-state index in [0.717, 1.165) is 16.7 Å². The van der Waals surface area contributed by atoms with Gasteiger partial charge in [-0.15, -0.1) is 11.8 Å². The maximum atomic E-state index is 12.1. The van der Waals surface area contributed by atoms with E-state index in [2.05, 4.69) is 0 Å². The molecule has 0 aliphatic carbocycles. The van der Waals surface area contributed by atoms with E-state index in [-0.39, 0.29) is 16.7 Å². The summed E-state index contributed by atoms with van der Waals surface area (Å²) in [5, 5.41) is 18.8. The molecule has 1 aromatic carbocycles. The number of ether oxygens (including phenoxy) is 1.